The van der Waals surface area contributed by atoms with E-state index in [0.29, 0.717) is 6.04 Å². The van der Waals surface area contributed by atoms with Gasteiger partial charge in [0.25, 0.3) is 0 Å². The monoisotopic (exact) mass is 436 g/mol. The van der Waals surface area contributed by atoms with Crippen molar-refractivity contribution in [1.29, 1.82) is 0 Å². The predicted octanol–water partition coefficient (Wildman–Crippen LogP) is 6.33. The number of hydrogen-bond acceptors (Lipinski definition) is 2. The number of fused-ring (bicyclic) bond motifs is 1. The molecule has 0 N–H and O–H groups in total. The number of rotatable bonds is 3. The van der Waals surface area contributed by atoms with E-state index >= 15 is 0 Å². The maximum Gasteiger partial charge on any atom is 0.0670 e. The van der Waals surface area contributed by atoms with Gasteiger partial charge in [-0.05, 0) is 66.3 Å². The summed E-state index contributed by atoms with van der Waals surface area (Å²) in [6.07, 6.45) is 2.30. The Bertz CT molecular complexity index is 1020. The lowest BCUT2D eigenvalue weighted by molar-refractivity contribution is 0.164. The Kier molecular flexibility index (Phi) is 5.49. The molecule has 1 aliphatic carbocycles. The molecule has 1 unspecified atom stereocenters. The van der Waals surface area contributed by atoms with E-state index in [0.717, 1.165) is 48.2 Å². The van der Waals surface area contributed by atoms with Crippen LogP contribution in [-0.4, -0.2) is 30.6 Å². The van der Waals surface area contributed by atoms with Crippen LogP contribution in [0.4, 0.5) is 5.69 Å². The number of hydrogen-bond donors (Lipinski definition) is 0. The zero-order chi connectivity index (χ0) is 20.7. The number of nitrogens with zero attached hydrogens (tertiary/aromatic N) is 2. The highest BCUT2D eigenvalue weighted by molar-refractivity contribution is 6.33. The van der Waals surface area contributed by atoms with Gasteiger partial charge in [-0.3, -0.25) is 4.90 Å². The standard InChI is InChI=1S/C26H26Cl2N2/c1-18-6-11-25(24(28)14-18)30-13-12-29(17-26(30)19-7-9-22(27)10-8-19)23-15-20-4-2-3-5-21(20)16-23/h2-11,14,23,26H,12-13,15-17H2,1H3. The minimum Gasteiger partial charge on any atom is -0.361 e. The van der Waals surface area contributed by atoms with Gasteiger partial charge in [-0.2, -0.15) is 0 Å². The van der Waals surface area contributed by atoms with E-state index in [1.54, 1.807) is 0 Å². The fourth-order valence-electron chi connectivity index (χ4n) is 5.03. The van der Waals surface area contributed by atoms with Gasteiger partial charge < -0.3 is 4.90 Å². The molecule has 1 aliphatic heterocycles. The van der Waals surface area contributed by atoms with Gasteiger partial charge in [0.05, 0.1) is 16.8 Å². The van der Waals surface area contributed by atoms with Crippen molar-refractivity contribution in [2.24, 2.45) is 0 Å². The van der Waals surface area contributed by atoms with Gasteiger partial charge in [0.2, 0.25) is 0 Å². The summed E-state index contributed by atoms with van der Waals surface area (Å²) in [5.74, 6) is 0. The molecule has 1 saturated heterocycles. The highest BCUT2D eigenvalue weighted by Crippen LogP contribution is 2.37. The van der Waals surface area contributed by atoms with E-state index in [1.807, 2.05) is 12.1 Å². The maximum atomic E-state index is 6.69. The molecular formula is C26H26Cl2N2. The Morgan fingerprint density at radius 2 is 1.53 bits per heavy atom. The van der Waals surface area contributed by atoms with Crippen LogP contribution in [0.3, 0.4) is 0 Å². The molecule has 2 nitrogen and oxygen atoms in total. The Morgan fingerprint density at radius 3 is 2.20 bits per heavy atom. The van der Waals surface area contributed by atoms with Gasteiger partial charge in [-0.1, -0.05) is 65.7 Å². The van der Waals surface area contributed by atoms with Crippen LogP contribution >= 0.6 is 23.2 Å². The summed E-state index contributed by atoms with van der Waals surface area (Å²) < 4.78 is 0. The first-order valence-corrected chi connectivity index (χ1v) is 11.4. The van der Waals surface area contributed by atoms with Crippen LogP contribution in [-0.2, 0) is 12.8 Å². The molecular weight excluding hydrogens is 411 g/mol. The van der Waals surface area contributed by atoms with Crippen LogP contribution in [0.5, 0.6) is 0 Å². The number of aryl methyl sites for hydroxylation is 1. The van der Waals surface area contributed by atoms with Crippen LogP contribution in [0, 0.1) is 6.92 Å². The van der Waals surface area contributed by atoms with Gasteiger partial charge >= 0.3 is 0 Å². The molecule has 4 heteroatoms. The highest BCUT2D eigenvalue weighted by atomic mass is 35.5. The summed E-state index contributed by atoms with van der Waals surface area (Å²) in [7, 11) is 0. The largest absolute Gasteiger partial charge is 0.361 e. The van der Waals surface area contributed by atoms with Crippen molar-refractivity contribution in [1.82, 2.24) is 4.90 Å². The second-order valence-electron chi connectivity index (χ2n) is 8.54. The lowest BCUT2D eigenvalue weighted by Gasteiger charge is -2.45. The summed E-state index contributed by atoms with van der Waals surface area (Å²) in [4.78, 5) is 5.15. The molecule has 0 saturated carbocycles. The minimum atomic E-state index is 0.250. The first-order valence-electron chi connectivity index (χ1n) is 10.7. The van der Waals surface area contributed by atoms with Crippen LogP contribution in [0.2, 0.25) is 10.0 Å². The molecule has 0 amide bonds. The van der Waals surface area contributed by atoms with Crippen molar-refractivity contribution >= 4 is 28.9 Å². The SMILES string of the molecule is Cc1ccc(N2CCN(C3Cc4ccccc4C3)CC2c2ccc(Cl)cc2)c(Cl)c1. The number of piperazine rings is 1. The van der Waals surface area contributed by atoms with E-state index < -0.39 is 0 Å². The van der Waals surface area contributed by atoms with E-state index in [4.69, 9.17) is 23.2 Å². The van der Waals surface area contributed by atoms with Crippen LogP contribution in [0.1, 0.15) is 28.3 Å². The van der Waals surface area contributed by atoms with Crippen molar-refractivity contribution in [3.8, 4) is 0 Å². The van der Waals surface area contributed by atoms with Crippen LogP contribution < -0.4 is 4.90 Å². The highest BCUT2D eigenvalue weighted by Gasteiger charge is 2.35. The Labute approximate surface area is 189 Å². The van der Waals surface area contributed by atoms with Gasteiger partial charge in [0, 0.05) is 30.7 Å². The summed E-state index contributed by atoms with van der Waals surface area (Å²) in [6, 6.07) is 24.4. The topological polar surface area (TPSA) is 6.48 Å². The van der Waals surface area contributed by atoms with Gasteiger partial charge in [0.15, 0.2) is 0 Å². The fourth-order valence-corrected chi connectivity index (χ4v) is 5.50. The Balaban J connectivity index is 1.44. The molecule has 5 rings (SSSR count). The third kappa shape index (κ3) is 3.85. The molecule has 0 spiro atoms. The average molecular weight is 437 g/mol. The first-order chi connectivity index (χ1) is 14.6. The van der Waals surface area contributed by atoms with E-state index in [9.17, 15) is 0 Å². The van der Waals surface area contributed by atoms with Gasteiger partial charge in [-0.25, -0.2) is 0 Å². The smallest absolute Gasteiger partial charge is 0.0670 e. The van der Waals surface area contributed by atoms with E-state index in [1.165, 1.54) is 22.3 Å². The molecule has 0 aromatic heterocycles. The average Bonchev–Trinajstić information content (AvgIpc) is 3.18. The summed E-state index contributed by atoms with van der Waals surface area (Å²) in [5.41, 5.74) is 6.62. The minimum absolute atomic E-state index is 0.250. The Morgan fingerprint density at radius 1 is 0.833 bits per heavy atom. The molecule has 0 radical (unpaired) electrons. The fraction of sp³-hybridized carbons (Fsp3) is 0.308. The zero-order valence-corrected chi connectivity index (χ0v) is 18.7. The quantitative estimate of drug-likeness (QED) is 0.472. The van der Waals surface area contributed by atoms with Crippen molar-refractivity contribution < 1.29 is 0 Å². The lowest BCUT2D eigenvalue weighted by atomic mass is 9.99. The van der Waals surface area contributed by atoms with E-state index in [-0.39, 0.29) is 6.04 Å². The summed E-state index contributed by atoms with van der Waals surface area (Å²) in [5, 5.41) is 1.60. The number of anilines is 1. The number of halogens is 2. The van der Waals surface area contributed by atoms with Crippen LogP contribution in [0.15, 0.2) is 66.7 Å². The van der Waals surface area contributed by atoms with E-state index in [2.05, 4.69) is 71.3 Å². The predicted molar refractivity (Wildman–Crippen MR) is 127 cm³/mol. The Hall–Kier alpha value is -2.00. The molecule has 2 aliphatic rings. The molecule has 1 fully saturated rings. The van der Waals surface area contributed by atoms with Gasteiger partial charge in [-0.15, -0.1) is 0 Å². The van der Waals surface area contributed by atoms with Crippen molar-refractivity contribution in [3.63, 3.8) is 0 Å². The summed E-state index contributed by atoms with van der Waals surface area (Å²) in [6.45, 7) is 5.09. The molecule has 154 valence electrons. The lowest BCUT2D eigenvalue weighted by Crippen LogP contribution is -2.52. The molecule has 1 atom stereocenters. The second kappa shape index (κ2) is 8.26. The van der Waals surface area contributed by atoms with Crippen molar-refractivity contribution in [2.45, 2.75) is 31.8 Å². The molecule has 3 aromatic carbocycles. The summed E-state index contributed by atoms with van der Waals surface area (Å²) >= 11 is 12.9. The molecule has 3 aromatic rings. The maximum absolute atomic E-state index is 6.69. The third-order valence-electron chi connectivity index (χ3n) is 6.63. The molecule has 30 heavy (non-hydrogen) atoms. The normalized spacial score (nSPS) is 19.8. The third-order valence-corrected chi connectivity index (χ3v) is 7.18. The number of benzene rings is 3. The first kappa shape index (κ1) is 19.9. The van der Waals surface area contributed by atoms with Gasteiger partial charge in [0.1, 0.15) is 0 Å². The molecule has 0 bridgehead atoms. The second-order valence-corrected chi connectivity index (χ2v) is 9.38. The molecule has 1 heterocycles. The van der Waals surface area contributed by atoms with Crippen molar-refractivity contribution in [3.05, 3.63) is 99.0 Å². The zero-order valence-electron chi connectivity index (χ0n) is 17.2. The van der Waals surface area contributed by atoms with Crippen molar-refractivity contribution in [2.75, 3.05) is 24.5 Å². The van der Waals surface area contributed by atoms with Crippen LogP contribution in [0.25, 0.3) is 0 Å².